The summed E-state index contributed by atoms with van der Waals surface area (Å²) in [7, 11) is 0. The summed E-state index contributed by atoms with van der Waals surface area (Å²) < 4.78 is 18.5. The van der Waals surface area contributed by atoms with Gasteiger partial charge in [0, 0.05) is 13.1 Å². The van der Waals surface area contributed by atoms with Crippen molar-refractivity contribution in [3.8, 4) is 0 Å². The quantitative estimate of drug-likeness (QED) is 0.744. The molecule has 0 atom stereocenters. The summed E-state index contributed by atoms with van der Waals surface area (Å²) in [5.74, 6) is -0.126. The van der Waals surface area contributed by atoms with E-state index in [0.717, 1.165) is 0 Å². The zero-order valence-corrected chi connectivity index (χ0v) is 13.3. The van der Waals surface area contributed by atoms with Gasteiger partial charge in [0.05, 0.1) is 10.7 Å². The molecule has 0 saturated carbocycles. The van der Waals surface area contributed by atoms with Gasteiger partial charge in [-0.2, -0.15) is 0 Å². The fraction of sp³-hybridized carbons (Fsp3) is 0.846. The fourth-order valence-electron chi connectivity index (χ4n) is 2.07. The number of nitrogens with zero attached hydrogens (tertiary/aromatic N) is 1. The average molecular weight is 338 g/mol. The molecule has 1 fully saturated rings. The molecule has 4 nitrogen and oxygen atoms in total. The predicted octanol–water partition coefficient (Wildman–Crippen LogP) is 2.94. The Labute approximate surface area is 121 Å². The van der Waals surface area contributed by atoms with Crippen LogP contribution in [-0.4, -0.2) is 47.5 Å². The molecule has 0 radical (unpaired) electrons. The molecule has 0 aromatic rings. The third-order valence-corrected chi connectivity index (χ3v) is 3.85. The maximum Gasteiger partial charge on any atom is 0.410 e. The van der Waals surface area contributed by atoms with Crippen molar-refractivity contribution in [3.05, 3.63) is 0 Å². The fourth-order valence-corrected chi connectivity index (χ4v) is 2.67. The van der Waals surface area contributed by atoms with E-state index in [0.29, 0.717) is 25.9 Å². The van der Waals surface area contributed by atoms with Crippen LogP contribution in [0.3, 0.4) is 0 Å². The van der Waals surface area contributed by atoms with E-state index < -0.39 is 23.8 Å². The molecule has 1 saturated heterocycles. The molecule has 0 aliphatic carbocycles. The zero-order chi connectivity index (χ0) is 14.7. The molecule has 0 spiro atoms. The normalized spacial score (nSPS) is 19.1. The van der Waals surface area contributed by atoms with Crippen LogP contribution in [0.4, 0.5) is 9.18 Å². The smallest absolute Gasteiger partial charge is 0.410 e. The highest BCUT2D eigenvalue weighted by atomic mass is 79.9. The molecule has 0 N–H and O–H groups in total. The van der Waals surface area contributed by atoms with Crippen molar-refractivity contribution in [1.29, 1.82) is 0 Å². The number of alkyl halides is 2. The number of carbonyl (C=O) groups excluding carboxylic acids is 2. The second-order valence-electron chi connectivity index (χ2n) is 5.94. The molecular formula is C13H21BrFNO3. The standard InChI is InChI=1S/C13H21BrFNO3/c1-12(2,3)19-11(18)16-6-4-13(9-15,5-7-16)10(17)8-14/h4-9H2,1-3H3. The van der Waals surface area contributed by atoms with Gasteiger partial charge in [-0.15, -0.1) is 0 Å². The largest absolute Gasteiger partial charge is 0.444 e. The van der Waals surface area contributed by atoms with Gasteiger partial charge in [0.15, 0.2) is 5.78 Å². The first-order valence-corrected chi connectivity index (χ1v) is 7.49. The topological polar surface area (TPSA) is 46.6 Å². The molecule has 0 aromatic carbocycles. The minimum absolute atomic E-state index is 0.126. The Morgan fingerprint density at radius 1 is 1.32 bits per heavy atom. The van der Waals surface area contributed by atoms with E-state index in [4.69, 9.17) is 4.74 Å². The first-order valence-electron chi connectivity index (χ1n) is 6.37. The molecule has 110 valence electrons. The van der Waals surface area contributed by atoms with Crippen LogP contribution in [0.25, 0.3) is 0 Å². The second-order valence-corrected chi connectivity index (χ2v) is 6.50. The summed E-state index contributed by atoms with van der Waals surface area (Å²) in [6, 6.07) is 0. The second kappa shape index (κ2) is 6.20. The molecule has 1 heterocycles. The van der Waals surface area contributed by atoms with E-state index in [9.17, 15) is 14.0 Å². The molecule has 0 aromatic heterocycles. The Morgan fingerprint density at radius 2 is 1.84 bits per heavy atom. The molecule has 0 unspecified atom stereocenters. The van der Waals surface area contributed by atoms with Crippen molar-refractivity contribution in [2.75, 3.05) is 25.1 Å². The molecule has 1 rings (SSSR count). The van der Waals surface area contributed by atoms with Gasteiger partial charge >= 0.3 is 6.09 Å². The number of amides is 1. The van der Waals surface area contributed by atoms with Gasteiger partial charge in [-0.25, -0.2) is 4.79 Å². The van der Waals surface area contributed by atoms with Gasteiger partial charge in [-0.05, 0) is 33.6 Å². The maximum atomic E-state index is 13.2. The van der Waals surface area contributed by atoms with Crippen molar-refractivity contribution in [2.45, 2.75) is 39.2 Å². The number of Topliss-reactive ketones (excluding diaryl/α,β-unsaturated/α-hetero) is 1. The lowest BCUT2D eigenvalue weighted by molar-refractivity contribution is -0.129. The van der Waals surface area contributed by atoms with Crippen LogP contribution in [0, 0.1) is 5.41 Å². The van der Waals surface area contributed by atoms with Gasteiger partial charge in [0.25, 0.3) is 0 Å². The number of ether oxygens (including phenoxy) is 1. The van der Waals surface area contributed by atoms with Gasteiger partial charge in [-0.3, -0.25) is 9.18 Å². The Morgan fingerprint density at radius 3 is 2.21 bits per heavy atom. The minimum Gasteiger partial charge on any atom is -0.444 e. The Balaban J connectivity index is 2.61. The third kappa shape index (κ3) is 4.16. The maximum absolute atomic E-state index is 13.2. The minimum atomic E-state index is -0.929. The van der Waals surface area contributed by atoms with Crippen LogP contribution >= 0.6 is 15.9 Å². The van der Waals surface area contributed by atoms with E-state index in [1.807, 2.05) is 0 Å². The van der Waals surface area contributed by atoms with Crippen LogP contribution < -0.4 is 0 Å². The van der Waals surface area contributed by atoms with Crippen LogP contribution in [0.5, 0.6) is 0 Å². The Hall–Kier alpha value is -0.650. The van der Waals surface area contributed by atoms with E-state index in [1.165, 1.54) is 0 Å². The first-order chi connectivity index (χ1) is 8.74. The number of ketones is 1. The van der Waals surface area contributed by atoms with Crippen LogP contribution in [-0.2, 0) is 9.53 Å². The number of hydrogen-bond donors (Lipinski definition) is 0. The van der Waals surface area contributed by atoms with Gasteiger partial charge in [0.1, 0.15) is 12.3 Å². The lowest BCUT2D eigenvalue weighted by atomic mass is 9.76. The highest BCUT2D eigenvalue weighted by Crippen LogP contribution is 2.34. The average Bonchev–Trinajstić information content (AvgIpc) is 2.35. The van der Waals surface area contributed by atoms with E-state index in [-0.39, 0.29) is 11.1 Å². The number of carbonyl (C=O) groups is 2. The van der Waals surface area contributed by atoms with E-state index in [1.54, 1.807) is 25.7 Å². The third-order valence-electron chi connectivity index (χ3n) is 3.34. The zero-order valence-electron chi connectivity index (χ0n) is 11.7. The molecule has 1 aliphatic heterocycles. The van der Waals surface area contributed by atoms with Crippen molar-refractivity contribution >= 4 is 27.8 Å². The molecular weight excluding hydrogens is 317 g/mol. The number of rotatable bonds is 3. The van der Waals surface area contributed by atoms with Crippen molar-refractivity contribution in [2.24, 2.45) is 5.41 Å². The summed E-state index contributed by atoms with van der Waals surface area (Å²) in [6.07, 6.45) is 0.312. The summed E-state index contributed by atoms with van der Waals surface area (Å²) in [5, 5.41) is 0.156. The van der Waals surface area contributed by atoms with Crippen molar-refractivity contribution < 1.29 is 18.7 Å². The van der Waals surface area contributed by atoms with Crippen molar-refractivity contribution in [1.82, 2.24) is 4.90 Å². The highest BCUT2D eigenvalue weighted by molar-refractivity contribution is 9.09. The molecule has 1 aliphatic rings. The van der Waals surface area contributed by atoms with E-state index in [2.05, 4.69) is 15.9 Å². The van der Waals surface area contributed by atoms with Gasteiger partial charge in [0.2, 0.25) is 0 Å². The number of piperidine rings is 1. The molecule has 6 heteroatoms. The van der Waals surface area contributed by atoms with Crippen LogP contribution in [0.2, 0.25) is 0 Å². The van der Waals surface area contributed by atoms with Crippen LogP contribution in [0.15, 0.2) is 0 Å². The highest BCUT2D eigenvalue weighted by Gasteiger charge is 2.42. The Bertz CT molecular complexity index is 346. The Kier molecular flexibility index (Phi) is 5.35. The summed E-state index contributed by atoms with van der Waals surface area (Å²) in [4.78, 5) is 25.2. The van der Waals surface area contributed by atoms with Crippen LogP contribution in [0.1, 0.15) is 33.6 Å². The number of hydrogen-bond acceptors (Lipinski definition) is 3. The SMILES string of the molecule is CC(C)(C)OC(=O)N1CCC(CF)(C(=O)CBr)CC1. The van der Waals surface area contributed by atoms with Crippen molar-refractivity contribution in [3.63, 3.8) is 0 Å². The molecule has 0 bridgehead atoms. The molecule has 1 amide bonds. The van der Waals surface area contributed by atoms with Gasteiger partial charge < -0.3 is 9.64 Å². The van der Waals surface area contributed by atoms with Gasteiger partial charge in [-0.1, -0.05) is 15.9 Å². The lowest BCUT2D eigenvalue weighted by Gasteiger charge is -2.39. The first kappa shape index (κ1) is 16.4. The number of halogens is 2. The molecule has 19 heavy (non-hydrogen) atoms. The summed E-state index contributed by atoms with van der Waals surface area (Å²) in [6.45, 7) is 5.45. The predicted molar refractivity (Wildman–Crippen MR) is 74.3 cm³/mol. The lowest BCUT2D eigenvalue weighted by Crippen LogP contribution is -2.49. The summed E-state index contributed by atoms with van der Waals surface area (Å²) in [5.41, 5.74) is -1.47. The van der Waals surface area contributed by atoms with E-state index >= 15 is 0 Å². The monoisotopic (exact) mass is 337 g/mol. The summed E-state index contributed by atoms with van der Waals surface area (Å²) >= 11 is 3.09. The number of likely N-dealkylation sites (tertiary alicyclic amines) is 1.